The van der Waals surface area contributed by atoms with E-state index in [1.807, 2.05) is 69.3 Å². The Hall–Kier alpha value is -3.01. The third kappa shape index (κ3) is 4.83. The molecule has 1 amide bonds. The molecule has 0 saturated heterocycles. The quantitative estimate of drug-likeness (QED) is 0.573. The third-order valence-corrected chi connectivity index (χ3v) is 4.68. The van der Waals surface area contributed by atoms with Gasteiger partial charge in [0, 0.05) is 5.39 Å². The number of carbonyl (C=O) groups excluding carboxylic acids is 1. The largest absolute Gasteiger partial charge is 0.491 e. The zero-order chi connectivity index (χ0) is 19.9. The minimum absolute atomic E-state index is 0.120. The molecule has 0 fully saturated rings. The van der Waals surface area contributed by atoms with E-state index in [1.165, 1.54) is 0 Å². The molecule has 3 aromatic carbocycles. The zero-order valence-electron chi connectivity index (χ0n) is 16.7. The summed E-state index contributed by atoms with van der Waals surface area (Å²) in [5.41, 5.74) is 2.13. The second-order valence-corrected chi connectivity index (χ2v) is 6.90. The normalized spacial score (nSPS) is 11.8. The van der Waals surface area contributed by atoms with Gasteiger partial charge in [-0.25, -0.2) is 0 Å². The van der Waals surface area contributed by atoms with Gasteiger partial charge < -0.3 is 14.8 Å². The summed E-state index contributed by atoms with van der Waals surface area (Å²) in [5.74, 6) is 1.46. The number of aryl methyl sites for hydroxylation is 2. The Morgan fingerprint density at radius 2 is 1.79 bits per heavy atom. The van der Waals surface area contributed by atoms with Crippen LogP contribution in [0.15, 0.2) is 60.7 Å². The number of carbonyl (C=O) groups is 1. The maximum atomic E-state index is 12.5. The molecule has 1 N–H and O–H groups in total. The SMILES string of the molecule is CCC(Oc1cc(C)ccc1C)C(=O)NCCOc1cccc2ccccc12. The number of ether oxygens (including phenoxy) is 2. The molecule has 0 bridgehead atoms. The van der Waals surface area contributed by atoms with E-state index in [0.717, 1.165) is 33.4 Å². The lowest BCUT2D eigenvalue weighted by molar-refractivity contribution is -0.128. The fourth-order valence-electron chi connectivity index (χ4n) is 3.08. The van der Waals surface area contributed by atoms with Gasteiger partial charge in [0.1, 0.15) is 18.1 Å². The lowest BCUT2D eigenvalue weighted by atomic mass is 10.1. The van der Waals surface area contributed by atoms with E-state index in [1.54, 1.807) is 0 Å². The van der Waals surface area contributed by atoms with E-state index in [9.17, 15) is 4.79 Å². The molecule has 0 radical (unpaired) electrons. The van der Waals surface area contributed by atoms with Gasteiger partial charge in [0.25, 0.3) is 5.91 Å². The Balaban J connectivity index is 1.53. The molecule has 0 spiro atoms. The maximum absolute atomic E-state index is 12.5. The van der Waals surface area contributed by atoms with Crippen molar-refractivity contribution in [1.29, 1.82) is 0 Å². The molecule has 0 saturated carbocycles. The molecule has 1 atom stereocenters. The van der Waals surface area contributed by atoms with Gasteiger partial charge >= 0.3 is 0 Å². The van der Waals surface area contributed by atoms with Crippen LogP contribution in [0.5, 0.6) is 11.5 Å². The number of nitrogens with one attached hydrogen (secondary N) is 1. The van der Waals surface area contributed by atoms with Crippen molar-refractivity contribution in [2.45, 2.75) is 33.3 Å². The van der Waals surface area contributed by atoms with E-state index in [2.05, 4.69) is 17.4 Å². The number of amides is 1. The maximum Gasteiger partial charge on any atom is 0.261 e. The lowest BCUT2D eigenvalue weighted by Gasteiger charge is -2.19. The van der Waals surface area contributed by atoms with Gasteiger partial charge in [-0.05, 0) is 48.9 Å². The predicted molar refractivity (Wildman–Crippen MR) is 113 cm³/mol. The van der Waals surface area contributed by atoms with Crippen LogP contribution < -0.4 is 14.8 Å². The Morgan fingerprint density at radius 3 is 2.61 bits per heavy atom. The van der Waals surface area contributed by atoms with Crippen LogP contribution in [0.3, 0.4) is 0 Å². The second kappa shape index (κ2) is 9.27. The first kappa shape index (κ1) is 19.7. The molecule has 1 unspecified atom stereocenters. The molecule has 0 heterocycles. The van der Waals surface area contributed by atoms with Crippen molar-refractivity contribution in [2.24, 2.45) is 0 Å². The Morgan fingerprint density at radius 1 is 1.00 bits per heavy atom. The van der Waals surface area contributed by atoms with Crippen molar-refractivity contribution in [1.82, 2.24) is 5.32 Å². The highest BCUT2D eigenvalue weighted by Crippen LogP contribution is 2.25. The van der Waals surface area contributed by atoms with Crippen molar-refractivity contribution >= 4 is 16.7 Å². The summed E-state index contributed by atoms with van der Waals surface area (Å²) in [6, 6.07) is 20.1. The fraction of sp³-hybridized carbons (Fsp3) is 0.292. The van der Waals surface area contributed by atoms with E-state index in [-0.39, 0.29) is 5.91 Å². The van der Waals surface area contributed by atoms with E-state index in [0.29, 0.717) is 19.6 Å². The first-order valence-corrected chi connectivity index (χ1v) is 9.70. The van der Waals surface area contributed by atoms with Gasteiger partial charge in [0.2, 0.25) is 0 Å². The van der Waals surface area contributed by atoms with Crippen LogP contribution in [0.25, 0.3) is 10.8 Å². The third-order valence-electron chi connectivity index (χ3n) is 4.68. The topological polar surface area (TPSA) is 47.6 Å². The van der Waals surface area contributed by atoms with Gasteiger partial charge in [0.05, 0.1) is 6.54 Å². The van der Waals surface area contributed by atoms with Crippen molar-refractivity contribution in [3.05, 3.63) is 71.8 Å². The summed E-state index contributed by atoms with van der Waals surface area (Å²) in [4.78, 5) is 12.5. The highest BCUT2D eigenvalue weighted by atomic mass is 16.5. The molecule has 3 rings (SSSR count). The average Bonchev–Trinajstić information content (AvgIpc) is 2.71. The summed E-state index contributed by atoms with van der Waals surface area (Å²) in [5, 5.41) is 5.12. The molecule has 28 heavy (non-hydrogen) atoms. The standard InChI is InChI=1S/C24H27NO3/c1-4-21(28-23-16-17(2)12-13-18(23)3)24(26)25-14-15-27-22-11-7-9-19-8-5-6-10-20(19)22/h5-13,16,21H,4,14-15H2,1-3H3,(H,25,26). The van der Waals surface area contributed by atoms with Crippen molar-refractivity contribution in [3.8, 4) is 11.5 Å². The van der Waals surface area contributed by atoms with Gasteiger partial charge in [0.15, 0.2) is 6.10 Å². The number of rotatable bonds is 8. The van der Waals surface area contributed by atoms with Crippen LogP contribution in [0.4, 0.5) is 0 Å². The molecule has 0 aromatic heterocycles. The molecular weight excluding hydrogens is 350 g/mol. The molecule has 0 aliphatic rings. The summed E-state index contributed by atoms with van der Waals surface area (Å²) >= 11 is 0. The molecule has 146 valence electrons. The zero-order valence-corrected chi connectivity index (χ0v) is 16.7. The van der Waals surface area contributed by atoms with Crippen LogP contribution in [0, 0.1) is 13.8 Å². The molecule has 3 aromatic rings. The highest BCUT2D eigenvalue weighted by Gasteiger charge is 2.18. The number of fused-ring (bicyclic) bond motifs is 1. The summed E-state index contributed by atoms with van der Waals surface area (Å²) in [6.45, 7) is 6.77. The molecular formula is C24H27NO3. The molecule has 0 aliphatic carbocycles. The Labute approximate surface area is 166 Å². The first-order chi connectivity index (χ1) is 13.6. The van der Waals surface area contributed by atoms with Crippen LogP contribution >= 0.6 is 0 Å². The average molecular weight is 377 g/mol. The van der Waals surface area contributed by atoms with Crippen LogP contribution in [-0.4, -0.2) is 25.2 Å². The van der Waals surface area contributed by atoms with Crippen LogP contribution in [0.2, 0.25) is 0 Å². The first-order valence-electron chi connectivity index (χ1n) is 9.70. The number of benzene rings is 3. The van der Waals surface area contributed by atoms with E-state index < -0.39 is 6.10 Å². The fourth-order valence-corrected chi connectivity index (χ4v) is 3.08. The number of hydrogen-bond donors (Lipinski definition) is 1. The van der Waals surface area contributed by atoms with Gasteiger partial charge in [-0.1, -0.05) is 55.5 Å². The molecule has 4 heteroatoms. The van der Waals surface area contributed by atoms with Gasteiger partial charge in [-0.2, -0.15) is 0 Å². The lowest BCUT2D eigenvalue weighted by Crippen LogP contribution is -2.39. The highest BCUT2D eigenvalue weighted by molar-refractivity contribution is 5.88. The summed E-state index contributed by atoms with van der Waals surface area (Å²) in [6.07, 6.45) is 0.0849. The number of hydrogen-bond acceptors (Lipinski definition) is 3. The van der Waals surface area contributed by atoms with Gasteiger partial charge in [-0.3, -0.25) is 4.79 Å². The van der Waals surface area contributed by atoms with Crippen molar-refractivity contribution in [3.63, 3.8) is 0 Å². The molecule has 4 nitrogen and oxygen atoms in total. The van der Waals surface area contributed by atoms with E-state index >= 15 is 0 Å². The minimum Gasteiger partial charge on any atom is -0.491 e. The monoisotopic (exact) mass is 377 g/mol. The van der Waals surface area contributed by atoms with Crippen molar-refractivity contribution in [2.75, 3.05) is 13.2 Å². The van der Waals surface area contributed by atoms with Crippen LogP contribution in [-0.2, 0) is 4.79 Å². The Kier molecular flexibility index (Phi) is 6.53. The smallest absolute Gasteiger partial charge is 0.261 e. The Bertz CT molecular complexity index is 946. The second-order valence-electron chi connectivity index (χ2n) is 6.90. The van der Waals surface area contributed by atoms with Crippen molar-refractivity contribution < 1.29 is 14.3 Å². The van der Waals surface area contributed by atoms with Crippen LogP contribution in [0.1, 0.15) is 24.5 Å². The minimum atomic E-state index is -0.516. The van der Waals surface area contributed by atoms with E-state index in [4.69, 9.17) is 9.47 Å². The molecule has 0 aliphatic heterocycles. The predicted octanol–water partition coefficient (Wildman–Crippen LogP) is 4.81. The summed E-state index contributed by atoms with van der Waals surface area (Å²) in [7, 11) is 0. The summed E-state index contributed by atoms with van der Waals surface area (Å²) < 4.78 is 11.8. The van der Waals surface area contributed by atoms with Gasteiger partial charge in [-0.15, -0.1) is 0 Å².